The van der Waals surface area contributed by atoms with Gasteiger partial charge in [-0.1, -0.05) is 6.07 Å². The van der Waals surface area contributed by atoms with Crippen LogP contribution in [-0.2, 0) is 16.1 Å². The van der Waals surface area contributed by atoms with Gasteiger partial charge in [0.15, 0.2) is 5.65 Å². The third kappa shape index (κ3) is 4.88. The fourth-order valence-corrected chi connectivity index (χ4v) is 5.41. The lowest BCUT2D eigenvalue weighted by atomic mass is 10.1. The fraction of sp³-hybridized carbons (Fsp3) is 0.333. The van der Waals surface area contributed by atoms with Crippen molar-refractivity contribution in [1.29, 1.82) is 0 Å². The zero-order chi connectivity index (χ0) is 28.2. The molecule has 3 fully saturated rings. The highest BCUT2D eigenvalue weighted by Crippen LogP contribution is 2.46. The number of imide groups is 1. The van der Waals surface area contributed by atoms with Crippen LogP contribution in [0.15, 0.2) is 55.0 Å². The molecule has 208 valence electrons. The molecule has 0 radical (unpaired) electrons. The van der Waals surface area contributed by atoms with Gasteiger partial charge in [-0.15, -0.1) is 0 Å². The van der Waals surface area contributed by atoms with Gasteiger partial charge in [0.1, 0.15) is 12.4 Å². The fourth-order valence-electron chi connectivity index (χ4n) is 5.41. The van der Waals surface area contributed by atoms with Crippen LogP contribution in [0.5, 0.6) is 0 Å². The molecule has 1 aliphatic heterocycles. The summed E-state index contributed by atoms with van der Waals surface area (Å²) >= 11 is 0. The molecular weight excluding hydrogens is 520 g/mol. The van der Waals surface area contributed by atoms with Crippen molar-refractivity contribution in [3.63, 3.8) is 0 Å². The van der Waals surface area contributed by atoms with E-state index in [1.54, 1.807) is 6.20 Å². The summed E-state index contributed by atoms with van der Waals surface area (Å²) in [4.78, 5) is 54.1. The van der Waals surface area contributed by atoms with Gasteiger partial charge in [0.05, 0.1) is 17.9 Å². The van der Waals surface area contributed by atoms with E-state index in [0.717, 1.165) is 52.6 Å². The van der Waals surface area contributed by atoms with Crippen LogP contribution < -0.4 is 15.5 Å². The van der Waals surface area contributed by atoms with Crippen LogP contribution in [0.4, 0.5) is 21.9 Å². The van der Waals surface area contributed by atoms with E-state index in [1.165, 1.54) is 11.9 Å². The first-order valence-electron chi connectivity index (χ1n) is 13.9. The summed E-state index contributed by atoms with van der Waals surface area (Å²) in [7, 11) is 1.51. The van der Waals surface area contributed by atoms with Crippen molar-refractivity contribution in [2.24, 2.45) is 5.92 Å². The second kappa shape index (κ2) is 9.69. The van der Waals surface area contributed by atoms with Crippen LogP contribution in [0, 0.1) is 12.8 Å². The number of nitrogens with one attached hydrogen (secondary N) is 2. The molecule has 11 nitrogen and oxygen atoms in total. The van der Waals surface area contributed by atoms with Crippen molar-refractivity contribution < 1.29 is 14.4 Å². The molecule has 3 aliphatic rings. The molecule has 0 unspecified atom stereocenters. The molecule has 3 aromatic heterocycles. The van der Waals surface area contributed by atoms with Crippen molar-refractivity contribution in [2.45, 2.75) is 44.6 Å². The molecule has 2 aliphatic carbocycles. The molecule has 4 heterocycles. The quantitative estimate of drug-likeness (QED) is 0.317. The lowest BCUT2D eigenvalue weighted by Gasteiger charge is -2.17. The van der Waals surface area contributed by atoms with E-state index < -0.39 is 0 Å². The Morgan fingerprint density at radius 2 is 1.90 bits per heavy atom. The molecule has 4 amide bonds. The molecule has 0 bridgehead atoms. The minimum atomic E-state index is -0.338. The standard InChI is InChI=1S/C30H30N8O3/c1-17-8-9-31-27(33-17)23-12-24(23)29(40)35-21-5-3-4-20(11-21)32-13-22-15-37-14-19(18-6-7-18)10-25(28(37)34-22)38-16-26(39)36(2)30(38)41/h3-5,8-11,14-15,18,23-24,32H,6-7,12-13,16H2,1-2H3,(H,35,40)/t23-,24-/m0/s1. The van der Waals surface area contributed by atoms with E-state index in [2.05, 4.69) is 26.8 Å². The smallest absolute Gasteiger partial charge is 0.331 e. The Labute approximate surface area is 236 Å². The lowest BCUT2D eigenvalue weighted by Crippen LogP contribution is -2.30. The predicted molar refractivity (Wildman–Crippen MR) is 153 cm³/mol. The van der Waals surface area contributed by atoms with E-state index >= 15 is 0 Å². The zero-order valence-corrected chi connectivity index (χ0v) is 22.9. The number of carbonyl (C=O) groups excluding carboxylic acids is 3. The number of anilines is 3. The average Bonchev–Trinajstić information content (AvgIpc) is 3.89. The zero-order valence-electron chi connectivity index (χ0n) is 22.9. The number of hydrogen-bond donors (Lipinski definition) is 2. The third-order valence-corrected chi connectivity index (χ3v) is 8.00. The summed E-state index contributed by atoms with van der Waals surface area (Å²) < 4.78 is 1.96. The van der Waals surface area contributed by atoms with E-state index in [0.29, 0.717) is 29.5 Å². The molecule has 7 rings (SSSR count). The molecule has 11 heteroatoms. The van der Waals surface area contributed by atoms with Gasteiger partial charge in [0, 0.05) is 54.5 Å². The number of aryl methyl sites for hydroxylation is 1. The van der Waals surface area contributed by atoms with E-state index in [1.807, 2.05) is 53.9 Å². The van der Waals surface area contributed by atoms with Crippen molar-refractivity contribution in [2.75, 3.05) is 29.1 Å². The van der Waals surface area contributed by atoms with Crippen molar-refractivity contribution in [3.05, 3.63) is 77.8 Å². The molecule has 1 aromatic carbocycles. The Hall–Kier alpha value is -4.80. The van der Waals surface area contributed by atoms with Gasteiger partial charge >= 0.3 is 6.03 Å². The number of likely N-dealkylation sites (N-methyl/N-ethyl adjacent to an activating group) is 1. The predicted octanol–water partition coefficient (Wildman–Crippen LogP) is 4.06. The molecule has 2 saturated carbocycles. The molecule has 1 saturated heterocycles. The maximum Gasteiger partial charge on any atom is 0.331 e. The lowest BCUT2D eigenvalue weighted by molar-refractivity contribution is -0.124. The monoisotopic (exact) mass is 550 g/mol. The van der Waals surface area contributed by atoms with Crippen LogP contribution in [-0.4, -0.2) is 55.7 Å². The van der Waals surface area contributed by atoms with Crippen LogP contribution in [0.1, 0.15) is 53.9 Å². The van der Waals surface area contributed by atoms with Gasteiger partial charge in [0.2, 0.25) is 11.8 Å². The molecule has 41 heavy (non-hydrogen) atoms. The number of nitrogens with zero attached hydrogens (tertiary/aromatic N) is 6. The summed E-state index contributed by atoms with van der Waals surface area (Å²) in [6.07, 6.45) is 8.75. The second-order valence-electron chi connectivity index (χ2n) is 11.1. The SMILES string of the molecule is Cc1ccnc([C@H]2C[C@@H]2C(=O)Nc2cccc(NCc3cn4cc(C5CC5)cc(N5CC(=O)N(C)C5=O)c4n3)c2)n1. The van der Waals surface area contributed by atoms with Crippen molar-refractivity contribution >= 4 is 40.6 Å². The van der Waals surface area contributed by atoms with Gasteiger partial charge in [0.25, 0.3) is 0 Å². The largest absolute Gasteiger partial charge is 0.379 e. The Balaban J connectivity index is 1.05. The highest BCUT2D eigenvalue weighted by Gasteiger charge is 2.46. The molecule has 0 spiro atoms. The first-order chi connectivity index (χ1) is 19.8. The normalized spacial score (nSPS) is 20.1. The first-order valence-corrected chi connectivity index (χ1v) is 13.9. The van der Waals surface area contributed by atoms with Gasteiger partial charge in [-0.25, -0.2) is 19.7 Å². The van der Waals surface area contributed by atoms with E-state index in [4.69, 9.17) is 4.98 Å². The maximum absolute atomic E-state index is 12.9. The highest BCUT2D eigenvalue weighted by atomic mass is 16.2. The number of imidazole rings is 1. The van der Waals surface area contributed by atoms with E-state index in [9.17, 15) is 14.4 Å². The summed E-state index contributed by atoms with van der Waals surface area (Å²) in [6.45, 7) is 2.38. The molecular formula is C30H30N8O3. The van der Waals surface area contributed by atoms with Gasteiger partial charge in [-0.05, 0) is 68.0 Å². The minimum Gasteiger partial charge on any atom is -0.379 e. The van der Waals surface area contributed by atoms with E-state index in [-0.39, 0.29) is 36.2 Å². The molecule has 2 atom stereocenters. The third-order valence-electron chi connectivity index (χ3n) is 8.00. The Kier molecular flexibility index (Phi) is 5.95. The van der Waals surface area contributed by atoms with Gasteiger partial charge < -0.3 is 15.0 Å². The number of hydrogen-bond acceptors (Lipinski definition) is 7. The Morgan fingerprint density at radius 3 is 2.66 bits per heavy atom. The topological polar surface area (TPSA) is 125 Å². The Bertz CT molecular complexity index is 1710. The van der Waals surface area contributed by atoms with Crippen LogP contribution in [0.25, 0.3) is 5.65 Å². The maximum atomic E-state index is 12.9. The number of aromatic nitrogens is 4. The number of pyridine rings is 1. The average molecular weight is 551 g/mol. The van der Waals surface area contributed by atoms with Crippen molar-refractivity contribution in [3.8, 4) is 0 Å². The summed E-state index contributed by atoms with van der Waals surface area (Å²) in [6, 6.07) is 11.1. The second-order valence-corrected chi connectivity index (χ2v) is 11.1. The molecule has 4 aromatic rings. The van der Waals surface area contributed by atoms with Crippen LogP contribution >= 0.6 is 0 Å². The van der Waals surface area contributed by atoms with Crippen molar-refractivity contribution in [1.82, 2.24) is 24.3 Å². The molecule has 2 N–H and O–H groups in total. The first kappa shape index (κ1) is 25.2. The number of amides is 4. The highest BCUT2D eigenvalue weighted by molar-refractivity contribution is 6.13. The van der Waals surface area contributed by atoms with Crippen LogP contribution in [0.3, 0.4) is 0 Å². The summed E-state index contributed by atoms with van der Waals surface area (Å²) in [5.74, 6) is 0.877. The van der Waals surface area contributed by atoms with Gasteiger partial charge in [-0.3, -0.25) is 19.4 Å². The number of rotatable bonds is 8. The Morgan fingerprint density at radius 1 is 1.07 bits per heavy atom. The van der Waals surface area contributed by atoms with Gasteiger partial charge in [-0.2, -0.15) is 0 Å². The van der Waals surface area contributed by atoms with Crippen LogP contribution in [0.2, 0.25) is 0 Å². The number of carbonyl (C=O) groups is 3. The number of urea groups is 1. The summed E-state index contributed by atoms with van der Waals surface area (Å²) in [5, 5.41) is 6.42. The summed E-state index contributed by atoms with van der Waals surface area (Å²) in [5.41, 5.74) is 5.69. The minimum absolute atomic E-state index is 0.0116. The number of benzene rings is 1. The number of fused-ring (bicyclic) bond motifs is 1.